The molecule has 1 fully saturated rings. The van der Waals surface area contributed by atoms with Crippen molar-refractivity contribution in [3.05, 3.63) is 51.4 Å². The summed E-state index contributed by atoms with van der Waals surface area (Å²) in [5.41, 5.74) is 2.09. The van der Waals surface area contributed by atoms with E-state index in [1.165, 1.54) is 11.3 Å². The molecular formula is C26H29N3O5S. The molecule has 2 aromatic rings. The summed E-state index contributed by atoms with van der Waals surface area (Å²) >= 11 is 1.41. The number of hydrogen-bond donors (Lipinski definition) is 2. The second kappa shape index (κ2) is 9.54. The summed E-state index contributed by atoms with van der Waals surface area (Å²) in [6, 6.07) is 5.61. The number of carbonyl (C=O) groups excluding carboxylic acids is 4. The van der Waals surface area contributed by atoms with E-state index >= 15 is 0 Å². The molecule has 0 saturated carbocycles. The average Bonchev–Trinajstić information content (AvgIpc) is 3.60. The molecule has 8 nitrogen and oxygen atoms in total. The molecule has 1 saturated heterocycles. The molecule has 1 aromatic heterocycles. The molecule has 9 heteroatoms. The number of carbonyl (C=O) groups is 4. The van der Waals surface area contributed by atoms with Gasteiger partial charge in [-0.2, -0.15) is 0 Å². The molecule has 2 unspecified atom stereocenters. The Bertz CT molecular complexity index is 1160. The number of aryl methyl sites for hydroxylation is 1. The molecule has 35 heavy (non-hydrogen) atoms. The lowest BCUT2D eigenvalue weighted by atomic mass is 10.0. The second-order valence-corrected chi connectivity index (χ2v) is 10.7. The third-order valence-electron chi connectivity index (χ3n) is 6.90. The molecule has 0 spiro atoms. The van der Waals surface area contributed by atoms with Gasteiger partial charge in [-0.15, -0.1) is 11.3 Å². The van der Waals surface area contributed by atoms with E-state index in [9.17, 15) is 19.2 Å². The number of thiophene rings is 1. The van der Waals surface area contributed by atoms with Crippen molar-refractivity contribution in [2.75, 3.05) is 18.5 Å². The highest BCUT2D eigenvalue weighted by Crippen LogP contribution is 2.39. The van der Waals surface area contributed by atoms with E-state index in [1.54, 1.807) is 38.1 Å². The minimum absolute atomic E-state index is 0.0165. The van der Waals surface area contributed by atoms with Crippen LogP contribution in [0.1, 0.15) is 74.6 Å². The third kappa shape index (κ3) is 4.27. The van der Waals surface area contributed by atoms with E-state index in [1.807, 2.05) is 0 Å². The van der Waals surface area contributed by atoms with Gasteiger partial charge in [-0.3, -0.25) is 24.1 Å². The molecule has 3 heterocycles. The maximum absolute atomic E-state index is 13.5. The quantitative estimate of drug-likeness (QED) is 0.573. The first-order valence-electron chi connectivity index (χ1n) is 12.2. The average molecular weight is 496 g/mol. The Labute approximate surface area is 208 Å². The van der Waals surface area contributed by atoms with Crippen LogP contribution in [0.5, 0.6) is 0 Å². The number of hydrogen-bond acceptors (Lipinski definition) is 6. The first-order chi connectivity index (χ1) is 16.9. The van der Waals surface area contributed by atoms with Crippen LogP contribution in [0.3, 0.4) is 0 Å². The topological polar surface area (TPSA) is 105 Å². The summed E-state index contributed by atoms with van der Waals surface area (Å²) < 4.78 is 5.62. The summed E-state index contributed by atoms with van der Waals surface area (Å²) in [6.07, 6.45) is 4.56. The van der Waals surface area contributed by atoms with Gasteiger partial charge < -0.3 is 15.4 Å². The molecule has 0 radical (unpaired) electrons. The van der Waals surface area contributed by atoms with Crippen molar-refractivity contribution >= 4 is 40.0 Å². The van der Waals surface area contributed by atoms with E-state index in [0.717, 1.165) is 47.4 Å². The van der Waals surface area contributed by atoms with Gasteiger partial charge in [0.15, 0.2) is 0 Å². The zero-order chi connectivity index (χ0) is 24.7. The number of nitrogens with one attached hydrogen (secondary N) is 2. The monoisotopic (exact) mass is 495 g/mol. The Hall–Kier alpha value is -3.04. The molecule has 184 valence electrons. The molecule has 4 amide bonds. The molecule has 1 aliphatic carbocycles. The van der Waals surface area contributed by atoms with Crippen LogP contribution in [0.2, 0.25) is 0 Å². The van der Waals surface area contributed by atoms with Crippen LogP contribution in [-0.4, -0.2) is 53.8 Å². The van der Waals surface area contributed by atoms with Crippen LogP contribution in [0, 0.1) is 5.92 Å². The van der Waals surface area contributed by atoms with Crippen LogP contribution < -0.4 is 10.6 Å². The van der Waals surface area contributed by atoms with Crippen molar-refractivity contribution in [1.29, 1.82) is 0 Å². The van der Waals surface area contributed by atoms with Crippen molar-refractivity contribution in [2.45, 2.75) is 58.1 Å². The number of nitrogens with zero attached hydrogens (tertiary/aromatic N) is 1. The van der Waals surface area contributed by atoms with Crippen LogP contribution in [-0.2, 0) is 22.4 Å². The Morgan fingerprint density at radius 1 is 1.11 bits per heavy atom. The first kappa shape index (κ1) is 23.7. The summed E-state index contributed by atoms with van der Waals surface area (Å²) in [6.45, 7) is 4.75. The normalized spacial score (nSPS) is 19.7. The van der Waals surface area contributed by atoms with E-state index in [-0.39, 0.29) is 17.9 Å². The maximum atomic E-state index is 13.5. The standard InChI is InChI=1S/C26H29N3O5S/c1-14(2)21(29-25(32)16-8-3-4-9-17(16)26(29)33)23(31)28-24-20(18-10-5-11-19(18)35-24)22(30)27-13-15-7-6-12-34-15/h3-4,8-9,14-15,21H,5-7,10-13H2,1-2H3,(H,27,30)(H,28,31). The van der Waals surface area contributed by atoms with Gasteiger partial charge in [0.05, 0.1) is 22.8 Å². The van der Waals surface area contributed by atoms with Gasteiger partial charge in [-0.05, 0) is 55.7 Å². The van der Waals surface area contributed by atoms with Crippen molar-refractivity contribution < 1.29 is 23.9 Å². The van der Waals surface area contributed by atoms with E-state index < -0.39 is 23.8 Å². The third-order valence-corrected chi connectivity index (χ3v) is 8.11. The molecule has 5 rings (SSSR count). The molecule has 2 N–H and O–H groups in total. The Balaban J connectivity index is 1.39. The van der Waals surface area contributed by atoms with Crippen LogP contribution in [0.15, 0.2) is 24.3 Å². The zero-order valence-electron chi connectivity index (χ0n) is 19.9. The molecule has 2 aliphatic heterocycles. The number of rotatable bonds is 7. The van der Waals surface area contributed by atoms with Gasteiger partial charge in [-0.1, -0.05) is 26.0 Å². The first-order valence-corrected chi connectivity index (χ1v) is 13.0. The number of imide groups is 1. The van der Waals surface area contributed by atoms with Gasteiger partial charge in [0.1, 0.15) is 11.0 Å². The lowest BCUT2D eigenvalue weighted by Gasteiger charge is -2.28. The van der Waals surface area contributed by atoms with Crippen LogP contribution >= 0.6 is 11.3 Å². The molecular weight excluding hydrogens is 466 g/mol. The molecule has 2 atom stereocenters. The molecule has 0 bridgehead atoms. The zero-order valence-corrected chi connectivity index (χ0v) is 20.7. The number of amides is 4. The van der Waals surface area contributed by atoms with Gasteiger partial charge in [0, 0.05) is 18.0 Å². The number of benzene rings is 1. The fourth-order valence-corrected chi connectivity index (χ4v) is 6.49. The van der Waals surface area contributed by atoms with E-state index in [4.69, 9.17) is 4.74 Å². The predicted octanol–water partition coefficient (Wildman–Crippen LogP) is 3.40. The second-order valence-electron chi connectivity index (χ2n) is 9.61. The fraction of sp³-hybridized carbons (Fsp3) is 0.462. The van der Waals surface area contributed by atoms with Crippen molar-refractivity contribution in [3.8, 4) is 0 Å². The SMILES string of the molecule is CC(C)C(C(=O)Nc1sc2c(c1C(=O)NCC1CCCO1)CCC2)N1C(=O)c2ccccc2C1=O. The summed E-state index contributed by atoms with van der Waals surface area (Å²) in [4.78, 5) is 55.0. The van der Waals surface area contributed by atoms with Crippen molar-refractivity contribution in [3.63, 3.8) is 0 Å². The predicted molar refractivity (Wildman–Crippen MR) is 132 cm³/mol. The highest BCUT2D eigenvalue weighted by atomic mass is 32.1. The lowest BCUT2D eigenvalue weighted by Crippen LogP contribution is -2.50. The summed E-state index contributed by atoms with van der Waals surface area (Å²) in [5.74, 6) is -1.95. The Morgan fingerprint density at radius 2 is 1.83 bits per heavy atom. The highest BCUT2D eigenvalue weighted by molar-refractivity contribution is 7.17. The van der Waals surface area contributed by atoms with Crippen molar-refractivity contribution in [2.24, 2.45) is 5.92 Å². The van der Waals surface area contributed by atoms with Crippen molar-refractivity contribution in [1.82, 2.24) is 10.2 Å². The molecule has 3 aliphatic rings. The van der Waals surface area contributed by atoms with Crippen LogP contribution in [0.4, 0.5) is 5.00 Å². The highest BCUT2D eigenvalue weighted by Gasteiger charge is 2.44. The molecule has 1 aromatic carbocycles. The van der Waals surface area contributed by atoms with Gasteiger partial charge >= 0.3 is 0 Å². The number of anilines is 1. The fourth-order valence-electron chi connectivity index (χ4n) is 5.20. The number of ether oxygens (including phenoxy) is 1. The number of fused-ring (bicyclic) bond motifs is 2. The summed E-state index contributed by atoms with van der Waals surface area (Å²) in [5, 5.41) is 6.37. The summed E-state index contributed by atoms with van der Waals surface area (Å²) in [7, 11) is 0. The van der Waals surface area contributed by atoms with E-state index in [2.05, 4.69) is 10.6 Å². The Morgan fingerprint density at radius 3 is 2.46 bits per heavy atom. The smallest absolute Gasteiger partial charge is 0.262 e. The van der Waals surface area contributed by atoms with Gasteiger partial charge in [0.2, 0.25) is 5.91 Å². The minimum atomic E-state index is -0.998. The largest absolute Gasteiger partial charge is 0.376 e. The van der Waals surface area contributed by atoms with Gasteiger partial charge in [-0.25, -0.2) is 0 Å². The van der Waals surface area contributed by atoms with Crippen LogP contribution in [0.25, 0.3) is 0 Å². The Kier molecular flexibility index (Phi) is 6.46. The lowest BCUT2D eigenvalue weighted by molar-refractivity contribution is -0.121. The minimum Gasteiger partial charge on any atom is -0.376 e. The van der Waals surface area contributed by atoms with Gasteiger partial charge in [0.25, 0.3) is 17.7 Å². The maximum Gasteiger partial charge on any atom is 0.262 e. The van der Waals surface area contributed by atoms with E-state index in [0.29, 0.717) is 34.8 Å².